The lowest BCUT2D eigenvalue weighted by Gasteiger charge is -2.09. The molecule has 0 bridgehead atoms. The monoisotopic (exact) mass is 361 g/mol. The first kappa shape index (κ1) is 18.1. The van der Waals surface area contributed by atoms with Crippen LogP contribution < -0.4 is 15.4 Å². The van der Waals surface area contributed by atoms with Crippen molar-refractivity contribution in [1.29, 1.82) is 0 Å². The molecule has 0 atom stereocenters. The topological polar surface area (TPSA) is 80.3 Å². The summed E-state index contributed by atoms with van der Waals surface area (Å²) in [7, 11) is 0. The van der Waals surface area contributed by atoms with Crippen molar-refractivity contribution < 1.29 is 14.3 Å². The second-order valence-corrected chi connectivity index (χ2v) is 5.73. The molecule has 2 N–H and O–H groups in total. The van der Waals surface area contributed by atoms with E-state index in [4.69, 9.17) is 4.74 Å². The molecule has 0 saturated heterocycles. The summed E-state index contributed by atoms with van der Waals surface area (Å²) in [5.41, 5.74) is 1.19. The molecule has 0 aliphatic heterocycles. The van der Waals surface area contributed by atoms with Crippen LogP contribution in [0.15, 0.2) is 79.1 Å². The van der Waals surface area contributed by atoms with E-state index in [2.05, 4.69) is 15.6 Å². The Bertz CT molecular complexity index is 899. The molecule has 27 heavy (non-hydrogen) atoms. The Morgan fingerprint density at radius 2 is 1.67 bits per heavy atom. The average Bonchev–Trinajstić information content (AvgIpc) is 2.69. The molecule has 0 aliphatic rings. The highest BCUT2D eigenvalue weighted by atomic mass is 16.5. The molecule has 136 valence electrons. The third-order valence-corrected chi connectivity index (χ3v) is 3.68. The first-order valence-corrected chi connectivity index (χ1v) is 8.52. The van der Waals surface area contributed by atoms with E-state index >= 15 is 0 Å². The fraction of sp³-hybridized carbons (Fsp3) is 0.0952. The van der Waals surface area contributed by atoms with E-state index in [1.165, 1.54) is 0 Å². The lowest BCUT2D eigenvalue weighted by molar-refractivity contribution is -0.116. The Hall–Kier alpha value is -3.67. The maximum absolute atomic E-state index is 12.3. The van der Waals surface area contributed by atoms with Crippen LogP contribution in [0, 0.1) is 0 Å². The van der Waals surface area contributed by atoms with Crippen LogP contribution in [0.5, 0.6) is 11.5 Å². The van der Waals surface area contributed by atoms with Crippen LogP contribution in [0.25, 0.3) is 0 Å². The van der Waals surface area contributed by atoms with E-state index in [0.29, 0.717) is 17.1 Å². The normalized spacial score (nSPS) is 10.1. The number of amides is 2. The maximum Gasteiger partial charge on any atom is 0.251 e. The third-order valence-electron chi connectivity index (χ3n) is 3.68. The molecule has 0 saturated carbocycles. The number of hydrogen-bond acceptors (Lipinski definition) is 4. The Kier molecular flexibility index (Phi) is 6.14. The van der Waals surface area contributed by atoms with Gasteiger partial charge in [-0.15, -0.1) is 0 Å². The highest BCUT2D eigenvalue weighted by molar-refractivity contribution is 5.95. The average molecular weight is 361 g/mol. The van der Waals surface area contributed by atoms with Crippen LogP contribution >= 0.6 is 0 Å². The SMILES string of the molecule is O=C(CCNC(=O)c1cccc(Oc2ccncc2)c1)Nc1ccccc1. The summed E-state index contributed by atoms with van der Waals surface area (Å²) < 4.78 is 5.69. The summed E-state index contributed by atoms with van der Waals surface area (Å²) in [6.07, 6.45) is 3.45. The Morgan fingerprint density at radius 3 is 2.44 bits per heavy atom. The van der Waals surface area contributed by atoms with Crippen LogP contribution in [0.1, 0.15) is 16.8 Å². The molecule has 0 aliphatic carbocycles. The van der Waals surface area contributed by atoms with Crippen LogP contribution in [0.2, 0.25) is 0 Å². The summed E-state index contributed by atoms with van der Waals surface area (Å²) in [5.74, 6) is 0.773. The van der Waals surface area contributed by atoms with Gasteiger partial charge in [-0.25, -0.2) is 0 Å². The molecule has 3 aromatic rings. The van der Waals surface area contributed by atoms with Gasteiger partial charge in [0.15, 0.2) is 0 Å². The zero-order valence-electron chi connectivity index (χ0n) is 14.6. The second kappa shape index (κ2) is 9.15. The highest BCUT2D eigenvalue weighted by Gasteiger charge is 2.08. The first-order chi connectivity index (χ1) is 13.2. The lowest BCUT2D eigenvalue weighted by atomic mass is 10.2. The number of nitrogens with one attached hydrogen (secondary N) is 2. The van der Waals surface area contributed by atoms with Gasteiger partial charge in [-0.3, -0.25) is 14.6 Å². The molecule has 0 spiro atoms. The molecule has 0 unspecified atom stereocenters. The quantitative estimate of drug-likeness (QED) is 0.673. The van der Waals surface area contributed by atoms with Crippen molar-refractivity contribution >= 4 is 17.5 Å². The zero-order valence-corrected chi connectivity index (χ0v) is 14.6. The van der Waals surface area contributed by atoms with Gasteiger partial charge in [0.25, 0.3) is 5.91 Å². The van der Waals surface area contributed by atoms with Gasteiger partial charge in [-0.2, -0.15) is 0 Å². The van der Waals surface area contributed by atoms with E-state index in [-0.39, 0.29) is 24.8 Å². The molecular weight excluding hydrogens is 342 g/mol. The Morgan fingerprint density at radius 1 is 0.889 bits per heavy atom. The van der Waals surface area contributed by atoms with E-state index in [1.807, 2.05) is 30.3 Å². The minimum atomic E-state index is -0.261. The number of anilines is 1. The van der Waals surface area contributed by atoms with Crippen molar-refractivity contribution in [2.24, 2.45) is 0 Å². The zero-order chi connectivity index (χ0) is 18.9. The predicted octanol–water partition coefficient (Wildman–Crippen LogP) is 3.63. The van der Waals surface area contributed by atoms with Crippen molar-refractivity contribution in [3.8, 4) is 11.5 Å². The molecule has 1 heterocycles. The van der Waals surface area contributed by atoms with Gasteiger partial charge in [0, 0.05) is 36.6 Å². The predicted molar refractivity (Wildman–Crippen MR) is 103 cm³/mol. The number of hydrogen-bond donors (Lipinski definition) is 2. The summed E-state index contributed by atoms with van der Waals surface area (Å²) in [5, 5.41) is 5.52. The number of carbonyl (C=O) groups excluding carboxylic acids is 2. The van der Waals surface area contributed by atoms with E-state index < -0.39 is 0 Å². The standard InChI is InChI=1S/C21H19N3O3/c25-20(24-17-6-2-1-3-7-17)11-14-23-21(26)16-5-4-8-19(15-16)27-18-9-12-22-13-10-18/h1-10,12-13,15H,11,14H2,(H,23,26)(H,24,25). The Labute approximate surface area is 157 Å². The first-order valence-electron chi connectivity index (χ1n) is 8.52. The van der Waals surface area contributed by atoms with Gasteiger partial charge in [-0.05, 0) is 42.5 Å². The molecular formula is C21H19N3O3. The van der Waals surface area contributed by atoms with Crippen LogP contribution in [-0.2, 0) is 4.79 Å². The fourth-order valence-electron chi connectivity index (χ4n) is 2.38. The number of ether oxygens (including phenoxy) is 1. The summed E-state index contributed by atoms with van der Waals surface area (Å²) >= 11 is 0. The molecule has 1 aromatic heterocycles. The fourth-order valence-corrected chi connectivity index (χ4v) is 2.38. The van der Waals surface area contributed by atoms with Gasteiger partial charge >= 0.3 is 0 Å². The number of para-hydroxylation sites is 1. The van der Waals surface area contributed by atoms with Crippen LogP contribution in [0.3, 0.4) is 0 Å². The lowest BCUT2D eigenvalue weighted by Crippen LogP contribution is -2.27. The molecule has 0 fully saturated rings. The van der Waals surface area contributed by atoms with Crippen molar-refractivity contribution in [2.45, 2.75) is 6.42 Å². The van der Waals surface area contributed by atoms with E-state index in [0.717, 1.165) is 5.69 Å². The van der Waals surface area contributed by atoms with Crippen molar-refractivity contribution in [3.05, 3.63) is 84.7 Å². The van der Waals surface area contributed by atoms with Crippen molar-refractivity contribution in [2.75, 3.05) is 11.9 Å². The minimum absolute atomic E-state index is 0.156. The third kappa shape index (κ3) is 5.67. The highest BCUT2D eigenvalue weighted by Crippen LogP contribution is 2.21. The van der Waals surface area contributed by atoms with E-state index in [1.54, 1.807) is 48.8 Å². The van der Waals surface area contributed by atoms with Gasteiger partial charge in [-0.1, -0.05) is 24.3 Å². The second-order valence-electron chi connectivity index (χ2n) is 5.73. The minimum Gasteiger partial charge on any atom is -0.457 e. The molecule has 6 nitrogen and oxygen atoms in total. The van der Waals surface area contributed by atoms with Crippen LogP contribution in [-0.4, -0.2) is 23.3 Å². The van der Waals surface area contributed by atoms with Gasteiger partial charge in [0.2, 0.25) is 5.91 Å². The number of rotatable bonds is 7. The van der Waals surface area contributed by atoms with E-state index in [9.17, 15) is 9.59 Å². The van der Waals surface area contributed by atoms with Crippen LogP contribution in [0.4, 0.5) is 5.69 Å². The molecule has 2 aromatic carbocycles. The molecule has 3 rings (SSSR count). The summed E-state index contributed by atoms with van der Waals surface area (Å²) in [6, 6.07) is 19.5. The van der Waals surface area contributed by atoms with Crippen molar-refractivity contribution in [1.82, 2.24) is 10.3 Å². The smallest absolute Gasteiger partial charge is 0.251 e. The number of carbonyl (C=O) groups is 2. The number of benzene rings is 2. The number of nitrogens with zero attached hydrogens (tertiary/aromatic N) is 1. The van der Waals surface area contributed by atoms with Crippen molar-refractivity contribution in [3.63, 3.8) is 0 Å². The summed E-state index contributed by atoms with van der Waals surface area (Å²) in [4.78, 5) is 28.1. The number of aromatic nitrogens is 1. The summed E-state index contributed by atoms with van der Waals surface area (Å²) in [6.45, 7) is 0.243. The Balaban J connectivity index is 1.49. The van der Waals surface area contributed by atoms with Gasteiger partial charge in [0.1, 0.15) is 11.5 Å². The molecule has 0 radical (unpaired) electrons. The van der Waals surface area contributed by atoms with Gasteiger partial charge < -0.3 is 15.4 Å². The molecule has 6 heteroatoms. The molecule has 2 amide bonds. The number of pyridine rings is 1. The van der Waals surface area contributed by atoms with Gasteiger partial charge in [0.05, 0.1) is 0 Å². The maximum atomic E-state index is 12.3. The largest absolute Gasteiger partial charge is 0.457 e.